The predicted octanol–water partition coefficient (Wildman–Crippen LogP) is 11.0. The molecule has 2 aliphatic heterocycles. The summed E-state index contributed by atoms with van der Waals surface area (Å²) in [4.78, 5) is 200. The molecule has 11 amide bonds. The number of likely N-dealkylation sites (tertiary alicyclic amines) is 2. The Morgan fingerprint density at radius 1 is 0.395 bits per heavy atom. The topological polar surface area (TPSA) is 348 Å². The third kappa shape index (κ3) is 40.2. The maximum Gasteiger partial charge on any atom is 0.311 e. The average molecular weight is 1600 g/mol. The summed E-state index contributed by atoms with van der Waals surface area (Å²) in [5.41, 5.74) is 1.14. The summed E-state index contributed by atoms with van der Waals surface area (Å²) in [6.07, 6.45) is 4.68. The van der Waals surface area contributed by atoms with E-state index < -0.39 is 5.97 Å². The number of carbonyl (C=O) groups excluding carboxylic acids is 16. The molecule has 2 aliphatic rings. The maximum absolute atomic E-state index is 12.3. The van der Waals surface area contributed by atoms with E-state index in [-0.39, 0.29) is 218 Å². The first-order chi connectivity index (χ1) is 53.1. The van der Waals surface area contributed by atoms with Crippen molar-refractivity contribution in [2.24, 2.45) is 71.0 Å². The van der Waals surface area contributed by atoms with Gasteiger partial charge in [-0.25, -0.2) is 0 Å². The van der Waals surface area contributed by atoms with Gasteiger partial charge < -0.3 is 49.3 Å². The Kier molecular flexibility index (Phi) is 50.1. The molecule has 2 aromatic carbocycles. The molecule has 0 aromatic heterocycles. The number of nitrogens with one attached hydrogen (secondary N) is 2. The van der Waals surface area contributed by atoms with Crippen LogP contribution < -0.4 is 29.9 Å². The highest BCUT2D eigenvalue weighted by atomic mass is 16.5. The average Bonchev–Trinajstić information content (AvgIpc) is 1.75. The zero-order chi connectivity index (χ0) is 87.6. The highest BCUT2D eigenvalue weighted by molar-refractivity contribution is 6.04. The molecule has 642 valence electrons. The number of carbonyl (C=O) groups is 16. The molecule has 2 saturated heterocycles. The second-order valence-electron chi connectivity index (χ2n) is 32.3. The fraction of sp³-hybridized carbons (Fsp3) is 0.674. The zero-order valence-electron chi connectivity index (χ0n) is 73.3. The first-order valence-electron chi connectivity index (χ1n) is 40.4. The van der Waals surface area contributed by atoms with Gasteiger partial charge in [-0.1, -0.05) is 169 Å². The van der Waals surface area contributed by atoms with Gasteiger partial charge in [0, 0.05) is 179 Å². The van der Waals surface area contributed by atoms with Crippen LogP contribution >= 0.6 is 0 Å². The van der Waals surface area contributed by atoms with E-state index in [0.29, 0.717) is 87.3 Å². The van der Waals surface area contributed by atoms with E-state index >= 15 is 0 Å². The van der Waals surface area contributed by atoms with Gasteiger partial charge in [-0.2, -0.15) is 0 Å². The minimum absolute atomic E-state index is 0.0108. The van der Waals surface area contributed by atoms with Gasteiger partial charge in [0.05, 0.1) is 24.3 Å². The molecular weight excluding hydrogens is 1460 g/mol. The zero-order valence-corrected chi connectivity index (χ0v) is 73.3. The van der Waals surface area contributed by atoms with Crippen LogP contribution in [0.5, 0.6) is 11.5 Å². The minimum Gasteiger partial charge on any atom is -0.464 e. The lowest BCUT2D eigenvalue weighted by molar-refractivity contribution is -0.147. The second kappa shape index (κ2) is 54.5. The van der Waals surface area contributed by atoms with Crippen LogP contribution in [0.15, 0.2) is 48.5 Å². The largest absolute Gasteiger partial charge is 0.464 e. The number of para-hydroxylation sites is 4. The Labute approximate surface area is 679 Å². The van der Waals surface area contributed by atoms with E-state index in [1.807, 2.05) is 103 Å². The fourth-order valence-corrected chi connectivity index (χ4v) is 11.3. The maximum atomic E-state index is 12.3. The van der Waals surface area contributed by atoms with Gasteiger partial charge >= 0.3 is 17.9 Å². The van der Waals surface area contributed by atoms with Gasteiger partial charge in [0.15, 0.2) is 11.5 Å². The minimum atomic E-state index is -0.470. The van der Waals surface area contributed by atoms with Gasteiger partial charge in [0.1, 0.15) is 18.2 Å². The number of ether oxygens (including phenoxy) is 3. The number of hydrogen-bond donors (Lipinski definition) is 2. The number of benzene rings is 2. The summed E-state index contributed by atoms with van der Waals surface area (Å²) in [6, 6.07) is 14.0. The number of anilines is 2. The van der Waals surface area contributed by atoms with E-state index in [1.54, 1.807) is 120 Å². The highest BCUT2D eigenvalue weighted by Gasteiger charge is 2.41. The van der Waals surface area contributed by atoms with Crippen molar-refractivity contribution in [2.75, 3.05) is 97.5 Å². The van der Waals surface area contributed by atoms with Crippen LogP contribution in [0.3, 0.4) is 0 Å². The van der Waals surface area contributed by atoms with Crippen molar-refractivity contribution in [3.8, 4) is 11.5 Å². The van der Waals surface area contributed by atoms with Crippen molar-refractivity contribution in [1.29, 1.82) is 0 Å². The molecule has 0 bridgehead atoms. The van der Waals surface area contributed by atoms with Gasteiger partial charge in [-0.05, 0) is 61.3 Å². The van der Waals surface area contributed by atoms with Crippen LogP contribution in [0.1, 0.15) is 222 Å². The number of likely N-dealkylation sites (N-methyl/N-ethyl adjacent to an activating group) is 3. The monoisotopic (exact) mass is 1600 g/mol. The first kappa shape index (κ1) is 105. The summed E-state index contributed by atoms with van der Waals surface area (Å²) in [7, 11) is 8.46. The van der Waals surface area contributed by atoms with Crippen molar-refractivity contribution in [1.82, 2.24) is 35.1 Å². The smallest absolute Gasteiger partial charge is 0.311 e. The highest BCUT2D eigenvalue weighted by Crippen LogP contribution is 2.32. The molecule has 0 aliphatic carbocycles. The van der Waals surface area contributed by atoms with Crippen molar-refractivity contribution >= 4 is 106 Å². The number of rotatable bonds is 40. The number of hydrogen-bond acceptors (Lipinski definition) is 19. The van der Waals surface area contributed by atoms with E-state index in [4.69, 9.17) is 14.2 Å². The SMILES string of the molecule is CC(C)C(=O)CCC(=O)NCCN(C)C(=O)C(C)C.CC(C)C(=O)CCC(=O)OCCN(C)C(=O)C(C)C.CC(C)C(=O)N(C)CCNC(=O)CCCN1C(=O)CC(C(C)C)C1=O.CC(C)C(=O)N(C)c1ccccc1OC(=O)CCCN1C(=O)CC(C(C)C)C1=O.CC(C)CCCC(=O)Oc1ccccc1N(C)C(=O)C(C)C. The second-order valence-corrected chi connectivity index (χ2v) is 32.3. The normalized spacial score (nSPS) is 13.7. The number of nitrogens with zero attached hydrogens (tertiary/aromatic N) is 7. The van der Waals surface area contributed by atoms with Gasteiger partial charge in [-0.3, -0.25) is 86.5 Å². The Morgan fingerprint density at radius 3 is 1.07 bits per heavy atom. The summed E-state index contributed by atoms with van der Waals surface area (Å²) < 4.78 is 15.9. The molecule has 28 heteroatoms. The van der Waals surface area contributed by atoms with Gasteiger partial charge in [-0.15, -0.1) is 0 Å². The standard InChI is InChI=1S/C22H30N2O5.C18H31N3O4.C18H27NO3.C14H26N2O3.C14H25NO4/c1-14(2)16-13-19(25)24(22(16)28)12-8-11-20(26)29-18-10-7-6-9-17(18)23(5)21(27)15(3)4;1-12(2)14-11-16(23)21(18(14)25)9-6-7-15(22)19-8-10-20(5)17(24)13(3)4;1-13(2)9-8-12-17(20)22-16-11-7-6-10-15(16)19(5)18(21)14(3)4;1-10(2)12(17)6-7-13(18)15-8-9-16(5)14(19)11(3)4;1-10(2)12(16)6-7-13(17)19-9-8-15(5)14(18)11(3)4/h6-7,9-10,14-16H,8,11-13H2,1-5H3;12-14H,6-11H2,1-5H3,(H,19,22);6-7,10-11,13-14H,8-9,12H2,1-5H3;10-11H,6-9H2,1-5H3,(H,15,18);10-11H,6-9H2,1-5H3. The van der Waals surface area contributed by atoms with E-state index in [9.17, 15) is 76.7 Å². The molecule has 0 radical (unpaired) electrons. The van der Waals surface area contributed by atoms with Crippen molar-refractivity contribution < 1.29 is 90.9 Å². The van der Waals surface area contributed by atoms with E-state index in [0.717, 1.165) is 12.8 Å². The molecule has 2 atom stereocenters. The summed E-state index contributed by atoms with van der Waals surface area (Å²) in [5, 5.41) is 5.48. The first-order valence-corrected chi connectivity index (χ1v) is 40.4. The van der Waals surface area contributed by atoms with Crippen LogP contribution in [0.25, 0.3) is 0 Å². The Hall–Kier alpha value is -9.24. The van der Waals surface area contributed by atoms with Crippen molar-refractivity contribution in [2.45, 2.75) is 222 Å². The molecule has 2 unspecified atom stereocenters. The summed E-state index contributed by atoms with van der Waals surface area (Å²) in [6.45, 7) is 40.4. The molecular formula is C86H139N9O19. The summed E-state index contributed by atoms with van der Waals surface area (Å²) >= 11 is 0. The lowest BCUT2D eigenvalue weighted by Gasteiger charge is -2.22. The molecule has 2 aromatic rings. The molecule has 2 fully saturated rings. The number of esters is 3. The lowest BCUT2D eigenvalue weighted by atomic mass is 9.94. The quantitative estimate of drug-likeness (QED) is 0.0355. The fourth-order valence-electron chi connectivity index (χ4n) is 11.3. The van der Waals surface area contributed by atoms with Crippen molar-refractivity contribution in [3.05, 3.63) is 48.5 Å². The summed E-state index contributed by atoms with van der Waals surface area (Å²) in [5.74, 6) is -1.24. The molecule has 28 nitrogen and oxygen atoms in total. The van der Waals surface area contributed by atoms with E-state index in [2.05, 4.69) is 24.5 Å². The number of amides is 11. The van der Waals surface area contributed by atoms with Gasteiger partial charge in [0.25, 0.3) is 0 Å². The Balaban J connectivity index is 0.00000141. The molecule has 0 spiro atoms. The van der Waals surface area contributed by atoms with Gasteiger partial charge in [0.2, 0.25) is 65.0 Å². The Morgan fingerprint density at radius 2 is 0.728 bits per heavy atom. The van der Waals surface area contributed by atoms with Crippen molar-refractivity contribution in [3.63, 3.8) is 0 Å². The number of ketones is 2. The van der Waals surface area contributed by atoms with E-state index in [1.165, 1.54) is 19.6 Å². The van der Waals surface area contributed by atoms with Crippen LogP contribution in [0.4, 0.5) is 11.4 Å². The molecule has 0 saturated carbocycles. The number of imide groups is 2. The van der Waals surface area contributed by atoms with Crippen LogP contribution in [-0.2, 0) is 81.4 Å². The Bertz CT molecular complexity index is 3410. The van der Waals surface area contributed by atoms with Crippen LogP contribution in [0.2, 0.25) is 0 Å². The number of Topliss-reactive ketones (excluding diaryl/α,β-unsaturated/α-hetero) is 2. The van der Waals surface area contributed by atoms with Crippen LogP contribution in [-0.4, -0.2) is 207 Å². The third-order valence-electron chi connectivity index (χ3n) is 18.7. The molecule has 114 heavy (non-hydrogen) atoms. The molecule has 2 N–H and O–H groups in total. The predicted molar refractivity (Wildman–Crippen MR) is 440 cm³/mol. The lowest BCUT2D eigenvalue weighted by Crippen LogP contribution is -2.38. The molecule has 2 heterocycles. The van der Waals surface area contributed by atoms with Crippen LogP contribution in [0, 0.1) is 71.0 Å². The molecule has 4 rings (SSSR count). The third-order valence-corrected chi connectivity index (χ3v) is 18.7.